The van der Waals surface area contributed by atoms with Gasteiger partial charge in [0.15, 0.2) is 6.61 Å². The minimum atomic E-state index is -0.428. The number of rotatable bonds is 5. The van der Waals surface area contributed by atoms with E-state index in [1.165, 1.54) is 24.4 Å². The van der Waals surface area contributed by atoms with E-state index in [1.54, 1.807) is 6.07 Å². The van der Waals surface area contributed by atoms with Gasteiger partial charge in [-0.2, -0.15) is 5.10 Å². The maximum absolute atomic E-state index is 11.8. The van der Waals surface area contributed by atoms with Crippen molar-refractivity contribution in [2.24, 2.45) is 5.10 Å². The predicted molar refractivity (Wildman–Crippen MR) is 95.0 cm³/mol. The Hall–Kier alpha value is -3.54. The Kier molecular flexibility index (Phi) is 4.80. The third-order valence-corrected chi connectivity index (χ3v) is 3.50. The van der Waals surface area contributed by atoms with Gasteiger partial charge in [0.05, 0.1) is 6.21 Å². The summed E-state index contributed by atoms with van der Waals surface area (Å²) in [4.78, 5) is 11.8. The second-order valence-electron chi connectivity index (χ2n) is 5.33. The molecule has 0 bridgehead atoms. The van der Waals surface area contributed by atoms with Crippen molar-refractivity contribution in [2.75, 3.05) is 6.61 Å². The maximum atomic E-state index is 11.8. The van der Waals surface area contributed by atoms with Crippen molar-refractivity contribution in [2.45, 2.75) is 0 Å². The number of carbonyl (C=O) groups is 1. The molecule has 6 heteroatoms. The summed E-state index contributed by atoms with van der Waals surface area (Å²) < 4.78 is 5.45. The topological polar surface area (TPSA) is 91.2 Å². The smallest absolute Gasteiger partial charge is 0.277 e. The fourth-order valence-electron chi connectivity index (χ4n) is 2.25. The van der Waals surface area contributed by atoms with Crippen molar-refractivity contribution >= 4 is 22.9 Å². The van der Waals surface area contributed by atoms with Crippen molar-refractivity contribution < 1.29 is 19.7 Å². The van der Waals surface area contributed by atoms with Crippen molar-refractivity contribution in [1.82, 2.24) is 5.43 Å². The fraction of sp³-hybridized carbons (Fsp3) is 0.0526. The lowest BCUT2D eigenvalue weighted by Gasteiger charge is -2.06. The zero-order chi connectivity index (χ0) is 17.6. The quantitative estimate of drug-likeness (QED) is 0.493. The third kappa shape index (κ3) is 4.26. The average Bonchev–Trinajstić information content (AvgIpc) is 2.61. The SMILES string of the molecule is O=C(COc1ccc2ccccc2c1)N/N=C/c1ccc(O)cc1O. The molecule has 0 aliphatic rings. The average molecular weight is 336 g/mol. The molecule has 3 rings (SSSR count). The van der Waals surface area contributed by atoms with Crippen molar-refractivity contribution in [1.29, 1.82) is 0 Å². The maximum Gasteiger partial charge on any atom is 0.277 e. The summed E-state index contributed by atoms with van der Waals surface area (Å²) in [6.45, 7) is -0.183. The highest BCUT2D eigenvalue weighted by Crippen LogP contribution is 2.21. The Morgan fingerprint density at radius 2 is 1.84 bits per heavy atom. The number of ether oxygens (including phenoxy) is 1. The van der Waals surface area contributed by atoms with Crippen molar-refractivity contribution in [3.05, 3.63) is 66.2 Å². The molecule has 0 aromatic heterocycles. The van der Waals surface area contributed by atoms with Crippen LogP contribution in [-0.4, -0.2) is 28.9 Å². The molecule has 0 saturated carbocycles. The van der Waals surface area contributed by atoms with E-state index in [0.29, 0.717) is 11.3 Å². The highest BCUT2D eigenvalue weighted by molar-refractivity contribution is 5.86. The van der Waals surface area contributed by atoms with Crippen LogP contribution >= 0.6 is 0 Å². The number of carbonyl (C=O) groups excluding carboxylic acids is 1. The molecule has 0 spiro atoms. The molecular formula is C19H16N2O4. The first-order chi connectivity index (χ1) is 12.1. The van der Waals surface area contributed by atoms with Gasteiger partial charge in [-0.3, -0.25) is 4.79 Å². The third-order valence-electron chi connectivity index (χ3n) is 3.50. The van der Waals surface area contributed by atoms with Crippen LogP contribution in [0, 0.1) is 0 Å². The molecule has 0 fully saturated rings. The Bertz CT molecular complexity index is 938. The van der Waals surface area contributed by atoms with Crippen LogP contribution < -0.4 is 10.2 Å². The van der Waals surface area contributed by atoms with Gasteiger partial charge in [-0.05, 0) is 35.0 Å². The molecule has 0 saturated heterocycles. The summed E-state index contributed by atoms with van der Waals surface area (Å²) in [5.74, 6) is -0.0235. The highest BCUT2D eigenvalue weighted by atomic mass is 16.5. The number of phenolic OH excluding ortho intramolecular Hbond substituents is 2. The summed E-state index contributed by atoms with van der Waals surface area (Å²) in [5.41, 5.74) is 2.68. The Morgan fingerprint density at radius 3 is 2.64 bits per heavy atom. The van der Waals surface area contributed by atoms with Crippen molar-refractivity contribution in [3.63, 3.8) is 0 Å². The zero-order valence-corrected chi connectivity index (χ0v) is 13.2. The molecule has 0 heterocycles. The number of nitrogens with zero attached hydrogens (tertiary/aromatic N) is 1. The van der Waals surface area contributed by atoms with Gasteiger partial charge in [-0.25, -0.2) is 5.43 Å². The Labute approximate surface area is 144 Å². The van der Waals surface area contributed by atoms with Crippen LogP contribution in [-0.2, 0) is 4.79 Å². The Balaban J connectivity index is 1.54. The lowest BCUT2D eigenvalue weighted by molar-refractivity contribution is -0.123. The van der Waals surface area contributed by atoms with Crippen LogP contribution in [0.1, 0.15) is 5.56 Å². The van der Waals surface area contributed by atoms with E-state index >= 15 is 0 Å². The van der Waals surface area contributed by atoms with E-state index in [0.717, 1.165) is 10.8 Å². The van der Waals surface area contributed by atoms with Gasteiger partial charge in [0.25, 0.3) is 5.91 Å². The van der Waals surface area contributed by atoms with Gasteiger partial charge in [-0.1, -0.05) is 30.3 Å². The van der Waals surface area contributed by atoms with Gasteiger partial charge in [-0.15, -0.1) is 0 Å². The van der Waals surface area contributed by atoms with Gasteiger partial charge in [0.1, 0.15) is 17.2 Å². The first-order valence-corrected chi connectivity index (χ1v) is 7.57. The van der Waals surface area contributed by atoms with Gasteiger partial charge < -0.3 is 14.9 Å². The van der Waals surface area contributed by atoms with Crippen LogP contribution in [0.3, 0.4) is 0 Å². The number of amides is 1. The van der Waals surface area contributed by atoms with Crippen LogP contribution in [0.15, 0.2) is 65.8 Å². The molecule has 25 heavy (non-hydrogen) atoms. The molecule has 3 aromatic rings. The molecule has 0 aliphatic carbocycles. The Morgan fingerprint density at radius 1 is 1.04 bits per heavy atom. The largest absolute Gasteiger partial charge is 0.508 e. The number of nitrogens with one attached hydrogen (secondary N) is 1. The van der Waals surface area contributed by atoms with Gasteiger partial charge >= 0.3 is 0 Å². The number of hydrazone groups is 1. The zero-order valence-electron chi connectivity index (χ0n) is 13.2. The van der Waals surface area contributed by atoms with Gasteiger partial charge in [0, 0.05) is 11.6 Å². The summed E-state index contributed by atoms with van der Waals surface area (Å²) in [5, 5.41) is 24.7. The number of hydrogen-bond acceptors (Lipinski definition) is 5. The summed E-state index contributed by atoms with van der Waals surface area (Å²) in [6, 6.07) is 17.5. The van der Waals surface area contributed by atoms with Crippen LogP contribution in [0.2, 0.25) is 0 Å². The molecule has 0 aliphatic heterocycles. The van der Waals surface area contributed by atoms with E-state index in [-0.39, 0.29) is 18.1 Å². The van der Waals surface area contributed by atoms with Gasteiger partial charge in [0.2, 0.25) is 0 Å². The molecule has 3 N–H and O–H groups in total. The summed E-state index contributed by atoms with van der Waals surface area (Å²) in [6.07, 6.45) is 1.28. The summed E-state index contributed by atoms with van der Waals surface area (Å²) in [7, 11) is 0. The minimum absolute atomic E-state index is 0.0533. The van der Waals surface area contributed by atoms with E-state index in [4.69, 9.17) is 4.74 Å². The summed E-state index contributed by atoms with van der Waals surface area (Å²) >= 11 is 0. The first-order valence-electron chi connectivity index (χ1n) is 7.57. The fourth-order valence-corrected chi connectivity index (χ4v) is 2.25. The van der Waals surface area contributed by atoms with E-state index in [1.807, 2.05) is 36.4 Å². The van der Waals surface area contributed by atoms with E-state index in [2.05, 4.69) is 10.5 Å². The van der Waals surface area contributed by atoms with E-state index < -0.39 is 5.91 Å². The van der Waals surface area contributed by atoms with Crippen molar-refractivity contribution in [3.8, 4) is 17.2 Å². The van der Waals surface area contributed by atoms with Crippen LogP contribution in [0.25, 0.3) is 10.8 Å². The molecular weight excluding hydrogens is 320 g/mol. The lowest BCUT2D eigenvalue weighted by atomic mass is 10.1. The van der Waals surface area contributed by atoms with Crippen LogP contribution in [0.4, 0.5) is 0 Å². The monoisotopic (exact) mass is 336 g/mol. The molecule has 0 atom stereocenters. The molecule has 3 aromatic carbocycles. The number of hydrogen-bond donors (Lipinski definition) is 3. The molecule has 126 valence electrons. The second kappa shape index (κ2) is 7.35. The highest BCUT2D eigenvalue weighted by Gasteiger charge is 2.03. The lowest BCUT2D eigenvalue weighted by Crippen LogP contribution is -2.24. The molecule has 6 nitrogen and oxygen atoms in total. The predicted octanol–water partition coefficient (Wildman–Crippen LogP) is 2.78. The van der Waals surface area contributed by atoms with Crippen LogP contribution in [0.5, 0.6) is 17.2 Å². The number of aromatic hydroxyl groups is 2. The second-order valence-corrected chi connectivity index (χ2v) is 5.33. The number of benzene rings is 3. The first kappa shape index (κ1) is 16.3. The van der Waals surface area contributed by atoms with E-state index in [9.17, 15) is 15.0 Å². The molecule has 0 unspecified atom stereocenters. The normalized spacial score (nSPS) is 10.9. The molecule has 0 radical (unpaired) electrons. The number of phenols is 2. The number of fused-ring (bicyclic) bond motifs is 1. The standard InChI is InChI=1S/C19H16N2O4/c22-16-7-5-15(18(23)10-16)11-20-21-19(24)12-25-17-8-6-13-3-1-2-4-14(13)9-17/h1-11,22-23H,12H2,(H,21,24)/b20-11+. The minimum Gasteiger partial charge on any atom is -0.508 e. The molecule has 1 amide bonds.